The molecule has 1 saturated heterocycles. The molecule has 1 heterocycles. The van der Waals surface area contributed by atoms with E-state index >= 15 is 0 Å². The van der Waals surface area contributed by atoms with Crippen LogP contribution in [0.3, 0.4) is 0 Å². The summed E-state index contributed by atoms with van der Waals surface area (Å²) < 4.78 is 5.18. The van der Waals surface area contributed by atoms with Crippen LogP contribution < -0.4 is 15.4 Å². The number of halogens is 1. The molecule has 1 aromatic carbocycles. The highest BCUT2D eigenvalue weighted by molar-refractivity contribution is 6.30. The fourth-order valence-electron chi connectivity index (χ4n) is 2.21. The van der Waals surface area contributed by atoms with Crippen LogP contribution in [0.1, 0.15) is 10.4 Å². The van der Waals surface area contributed by atoms with Crippen molar-refractivity contribution in [3.8, 4) is 5.75 Å². The van der Waals surface area contributed by atoms with Crippen LogP contribution in [0.15, 0.2) is 18.2 Å². The van der Waals surface area contributed by atoms with Gasteiger partial charge in [-0.25, -0.2) is 0 Å². The second-order valence-corrected chi connectivity index (χ2v) is 5.13. The Kier molecular flexibility index (Phi) is 5.64. The Morgan fingerprint density at radius 1 is 1.45 bits per heavy atom. The molecule has 1 aromatic rings. The topological polar surface area (TPSA) is 53.6 Å². The Balaban J connectivity index is 1.85. The molecule has 0 atom stereocenters. The van der Waals surface area contributed by atoms with Gasteiger partial charge in [-0.2, -0.15) is 0 Å². The summed E-state index contributed by atoms with van der Waals surface area (Å²) in [7, 11) is 1.53. The molecule has 0 aromatic heterocycles. The number of carbonyl (C=O) groups is 1. The number of hydrogen-bond donors (Lipinski definition) is 2. The first-order valence-corrected chi connectivity index (χ1v) is 7.13. The third kappa shape index (κ3) is 4.10. The summed E-state index contributed by atoms with van der Waals surface area (Å²) in [5.41, 5.74) is 0.511. The number of ether oxygens (including phenoxy) is 1. The van der Waals surface area contributed by atoms with Gasteiger partial charge in [-0.05, 0) is 18.2 Å². The van der Waals surface area contributed by atoms with Crippen molar-refractivity contribution in [3.05, 3.63) is 28.8 Å². The highest BCUT2D eigenvalue weighted by Crippen LogP contribution is 2.22. The summed E-state index contributed by atoms with van der Waals surface area (Å²) in [4.78, 5) is 14.4. The van der Waals surface area contributed by atoms with E-state index in [0.717, 1.165) is 32.7 Å². The van der Waals surface area contributed by atoms with E-state index in [2.05, 4.69) is 15.5 Å². The molecule has 110 valence electrons. The molecule has 1 fully saturated rings. The maximum Gasteiger partial charge on any atom is 0.255 e. The second-order valence-electron chi connectivity index (χ2n) is 4.69. The highest BCUT2D eigenvalue weighted by atomic mass is 35.5. The molecule has 5 nitrogen and oxygen atoms in total. The normalized spacial score (nSPS) is 15.9. The van der Waals surface area contributed by atoms with Crippen molar-refractivity contribution in [3.63, 3.8) is 0 Å². The van der Waals surface area contributed by atoms with Crippen molar-refractivity contribution in [2.45, 2.75) is 0 Å². The molecule has 0 unspecified atom stereocenters. The van der Waals surface area contributed by atoms with Crippen LogP contribution in [-0.2, 0) is 0 Å². The van der Waals surface area contributed by atoms with E-state index in [4.69, 9.17) is 16.3 Å². The summed E-state index contributed by atoms with van der Waals surface area (Å²) in [5, 5.41) is 6.77. The number of nitrogens with zero attached hydrogens (tertiary/aromatic N) is 1. The molecule has 20 heavy (non-hydrogen) atoms. The van der Waals surface area contributed by atoms with Gasteiger partial charge in [0.2, 0.25) is 0 Å². The van der Waals surface area contributed by atoms with Gasteiger partial charge >= 0.3 is 0 Å². The van der Waals surface area contributed by atoms with Crippen LogP contribution in [0, 0.1) is 0 Å². The second kappa shape index (κ2) is 7.47. The van der Waals surface area contributed by atoms with E-state index in [1.807, 2.05) is 0 Å². The number of nitrogens with one attached hydrogen (secondary N) is 2. The SMILES string of the molecule is COc1cc(Cl)ccc1C(=O)NCCN1CCNCC1. The first-order chi connectivity index (χ1) is 9.70. The molecule has 6 heteroatoms. The minimum absolute atomic E-state index is 0.131. The fourth-order valence-corrected chi connectivity index (χ4v) is 2.37. The predicted molar refractivity (Wildman–Crippen MR) is 79.6 cm³/mol. The Morgan fingerprint density at radius 3 is 2.90 bits per heavy atom. The van der Waals surface area contributed by atoms with Gasteiger partial charge in [-0.15, -0.1) is 0 Å². The molecule has 0 bridgehead atoms. The Morgan fingerprint density at radius 2 is 2.20 bits per heavy atom. The minimum Gasteiger partial charge on any atom is -0.496 e. The number of carbonyl (C=O) groups excluding carboxylic acids is 1. The van der Waals surface area contributed by atoms with Gasteiger partial charge in [0.25, 0.3) is 5.91 Å². The van der Waals surface area contributed by atoms with Crippen LogP contribution in [0.2, 0.25) is 5.02 Å². The zero-order chi connectivity index (χ0) is 14.4. The van der Waals surface area contributed by atoms with Gasteiger partial charge in [0.05, 0.1) is 12.7 Å². The van der Waals surface area contributed by atoms with Gasteiger partial charge < -0.3 is 15.4 Å². The van der Waals surface area contributed by atoms with Crippen LogP contribution >= 0.6 is 11.6 Å². The lowest BCUT2D eigenvalue weighted by molar-refractivity contribution is 0.0944. The highest BCUT2D eigenvalue weighted by Gasteiger charge is 2.13. The molecule has 2 rings (SSSR count). The van der Waals surface area contributed by atoms with Gasteiger partial charge in [0.1, 0.15) is 5.75 Å². The van der Waals surface area contributed by atoms with E-state index in [1.54, 1.807) is 18.2 Å². The molecule has 1 aliphatic rings. The summed E-state index contributed by atoms with van der Waals surface area (Å²) in [6.45, 7) is 5.58. The molecule has 2 N–H and O–H groups in total. The van der Waals surface area contributed by atoms with Crippen molar-refractivity contribution in [1.82, 2.24) is 15.5 Å². The number of benzene rings is 1. The zero-order valence-corrected chi connectivity index (χ0v) is 12.4. The number of piperazine rings is 1. The van der Waals surface area contributed by atoms with Crippen molar-refractivity contribution < 1.29 is 9.53 Å². The maximum atomic E-state index is 12.1. The monoisotopic (exact) mass is 297 g/mol. The van der Waals surface area contributed by atoms with E-state index in [-0.39, 0.29) is 5.91 Å². The summed E-state index contributed by atoms with van der Waals surface area (Å²) in [6.07, 6.45) is 0. The lowest BCUT2D eigenvalue weighted by atomic mass is 10.2. The van der Waals surface area contributed by atoms with E-state index in [1.165, 1.54) is 7.11 Å². The largest absolute Gasteiger partial charge is 0.496 e. The van der Waals surface area contributed by atoms with E-state index < -0.39 is 0 Å². The Labute approximate surface area is 124 Å². The van der Waals surface area contributed by atoms with Crippen LogP contribution in [0.25, 0.3) is 0 Å². The Bertz CT molecular complexity index is 462. The van der Waals surface area contributed by atoms with Gasteiger partial charge in [-0.1, -0.05) is 11.6 Å². The van der Waals surface area contributed by atoms with Crippen molar-refractivity contribution in [2.75, 3.05) is 46.4 Å². The number of methoxy groups -OCH3 is 1. The van der Waals surface area contributed by atoms with Gasteiger partial charge in [-0.3, -0.25) is 9.69 Å². The van der Waals surface area contributed by atoms with Crippen molar-refractivity contribution >= 4 is 17.5 Å². The van der Waals surface area contributed by atoms with Gasteiger partial charge in [0.15, 0.2) is 0 Å². The number of rotatable bonds is 5. The molecule has 0 spiro atoms. The van der Waals surface area contributed by atoms with Crippen LogP contribution in [0.5, 0.6) is 5.75 Å². The minimum atomic E-state index is -0.131. The quantitative estimate of drug-likeness (QED) is 0.851. The number of amides is 1. The zero-order valence-electron chi connectivity index (χ0n) is 11.6. The maximum absolute atomic E-state index is 12.1. The van der Waals surface area contributed by atoms with Crippen molar-refractivity contribution in [1.29, 1.82) is 0 Å². The molecule has 1 aliphatic heterocycles. The lowest BCUT2D eigenvalue weighted by Crippen LogP contribution is -2.46. The summed E-state index contributed by atoms with van der Waals surface area (Å²) >= 11 is 5.88. The molecule has 0 saturated carbocycles. The van der Waals surface area contributed by atoms with E-state index in [9.17, 15) is 4.79 Å². The molecule has 0 aliphatic carbocycles. The third-order valence-corrected chi connectivity index (χ3v) is 3.57. The average molecular weight is 298 g/mol. The lowest BCUT2D eigenvalue weighted by Gasteiger charge is -2.27. The third-order valence-electron chi connectivity index (χ3n) is 3.33. The molecule has 1 amide bonds. The predicted octanol–water partition coefficient (Wildman–Crippen LogP) is 0.984. The fraction of sp³-hybridized carbons (Fsp3) is 0.500. The first-order valence-electron chi connectivity index (χ1n) is 6.75. The first kappa shape index (κ1) is 15.1. The summed E-state index contributed by atoms with van der Waals surface area (Å²) in [6, 6.07) is 5.02. The molecule has 0 radical (unpaired) electrons. The smallest absolute Gasteiger partial charge is 0.255 e. The number of hydrogen-bond acceptors (Lipinski definition) is 4. The van der Waals surface area contributed by atoms with Gasteiger partial charge in [0, 0.05) is 44.3 Å². The van der Waals surface area contributed by atoms with Crippen LogP contribution in [0.4, 0.5) is 0 Å². The molecular weight excluding hydrogens is 278 g/mol. The average Bonchev–Trinajstić information content (AvgIpc) is 2.48. The Hall–Kier alpha value is -1.30. The molecular formula is C14H20ClN3O2. The van der Waals surface area contributed by atoms with E-state index in [0.29, 0.717) is 22.9 Å². The van der Waals surface area contributed by atoms with Crippen LogP contribution in [-0.4, -0.2) is 57.2 Å². The van der Waals surface area contributed by atoms with Crippen molar-refractivity contribution in [2.24, 2.45) is 0 Å². The summed E-state index contributed by atoms with van der Waals surface area (Å²) in [5.74, 6) is 0.367. The standard InChI is InChI=1S/C14H20ClN3O2/c1-20-13-10-11(15)2-3-12(13)14(19)17-6-9-18-7-4-16-5-8-18/h2-3,10,16H,4-9H2,1H3,(H,17,19).